The number of benzene rings is 3. The van der Waals surface area contributed by atoms with E-state index in [-0.39, 0.29) is 18.2 Å². The predicted octanol–water partition coefficient (Wildman–Crippen LogP) is 6.19. The molecule has 3 nitrogen and oxygen atoms in total. The van der Waals surface area contributed by atoms with Gasteiger partial charge < -0.3 is 9.72 Å². The Morgan fingerprint density at radius 2 is 1.75 bits per heavy atom. The molecule has 0 aliphatic carbocycles. The van der Waals surface area contributed by atoms with E-state index in [1.807, 2.05) is 55.5 Å². The van der Waals surface area contributed by atoms with Crippen molar-refractivity contribution in [1.29, 1.82) is 0 Å². The first-order valence-electron chi connectivity index (χ1n) is 8.78. The minimum atomic E-state index is -0.277. The van der Waals surface area contributed by atoms with E-state index in [1.54, 1.807) is 12.3 Å². The summed E-state index contributed by atoms with van der Waals surface area (Å²) in [6, 6.07) is 22.5. The van der Waals surface area contributed by atoms with E-state index in [1.165, 1.54) is 12.1 Å². The van der Waals surface area contributed by atoms with Crippen molar-refractivity contribution >= 4 is 12.4 Å². The van der Waals surface area contributed by atoms with Gasteiger partial charge in [-0.2, -0.15) is 0 Å². The van der Waals surface area contributed by atoms with Gasteiger partial charge in [0.1, 0.15) is 24.0 Å². The molecule has 0 atom stereocenters. The Bertz CT molecular complexity index is 1060. The van der Waals surface area contributed by atoms with Crippen molar-refractivity contribution in [3.05, 3.63) is 95.9 Å². The highest BCUT2D eigenvalue weighted by Gasteiger charge is 2.08. The molecule has 0 amide bonds. The number of imidazole rings is 1. The zero-order valence-corrected chi connectivity index (χ0v) is 16.2. The van der Waals surface area contributed by atoms with Crippen LogP contribution in [0.5, 0.6) is 5.75 Å². The number of aromatic amines is 1. The van der Waals surface area contributed by atoms with Gasteiger partial charge in [-0.3, -0.25) is 0 Å². The largest absolute Gasteiger partial charge is 0.489 e. The van der Waals surface area contributed by atoms with Crippen LogP contribution in [-0.4, -0.2) is 9.97 Å². The number of rotatable bonds is 5. The molecule has 0 spiro atoms. The van der Waals surface area contributed by atoms with Gasteiger partial charge in [0.15, 0.2) is 0 Å². The van der Waals surface area contributed by atoms with E-state index < -0.39 is 0 Å². The van der Waals surface area contributed by atoms with Gasteiger partial charge in [-0.1, -0.05) is 42.5 Å². The first-order chi connectivity index (χ1) is 13.2. The maximum Gasteiger partial charge on any atom is 0.137 e. The number of hydrogen-bond acceptors (Lipinski definition) is 2. The van der Waals surface area contributed by atoms with Crippen LogP contribution in [0, 0.1) is 12.7 Å². The van der Waals surface area contributed by atoms with Gasteiger partial charge in [-0.05, 0) is 48.4 Å². The maximum atomic E-state index is 13.4. The standard InChI is InChI=1S/C23H19FN2O.ClH/c1-16-12-18(10-11-22(16)27-15-17-6-3-2-4-7-17)21-14-25-23(26-21)19-8-5-9-20(24)13-19;/h2-14H,15H2,1H3,(H,25,26);1H. The van der Waals surface area contributed by atoms with Crippen LogP contribution in [0.3, 0.4) is 0 Å². The van der Waals surface area contributed by atoms with Crippen LogP contribution in [0.1, 0.15) is 11.1 Å². The van der Waals surface area contributed by atoms with Gasteiger partial charge in [0, 0.05) is 11.1 Å². The smallest absolute Gasteiger partial charge is 0.137 e. The van der Waals surface area contributed by atoms with Crippen LogP contribution in [0.4, 0.5) is 4.39 Å². The average Bonchev–Trinajstić information content (AvgIpc) is 3.18. The van der Waals surface area contributed by atoms with Crippen LogP contribution >= 0.6 is 12.4 Å². The SMILES string of the molecule is Cc1cc(-c2cnc(-c3cccc(F)c3)[nH]2)ccc1OCc1ccccc1.Cl. The third kappa shape index (κ3) is 4.41. The summed E-state index contributed by atoms with van der Waals surface area (Å²) in [6.45, 7) is 2.56. The monoisotopic (exact) mass is 394 g/mol. The van der Waals surface area contributed by atoms with E-state index in [0.29, 0.717) is 12.4 Å². The summed E-state index contributed by atoms with van der Waals surface area (Å²) in [5, 5.41) is 0. The summed E-state index contributed by atoms with van der Waals surface area (Å²) in [6.07, 6.45) is 1.76. The third-order valence-electron chi connectivity index (χ3n) is 4.40. The summed E-state index contributed by atoms with van der Waals surface area (Å²) >= 11 is 0. The van der Waals surface area contributed by atoms with Crippen LogP contribution in [0.25, 0.3) is 22.6 Å². The molecule has 0 bridgehead atoms. The zero-order chi connectivity index (χ0) is 18.6. The molecule has 5 heteroatoms. The van der Waals surface area contributed by atoms with Gasteiger partial charge in [0.25, 0.3) is 0 Å². The van der Waals surface area contributed by atoms with E-state index in [4.69, 9.17) is 4.74 Å². The second-order valence-corrected chi connectivity index (χ2v) is 6.41. The minimum absolute atomic E-state index is 0. The Morgan fingerprint density at radius 3 is 2.50 bits per heavy atom. The van der Waals surface area contributed by atoms with Gasteiger partial charge >= 0.3 is 0 Å². The van der Waals surface area contributed by atoms with Crippen molar-refractivity contribution in [3.8, 4) is 28.4 Å². The van der Waals surface area contributed by atoms with Gasteiger partial charge in [0.2, 0.25) is 0 Å². The second-order valence-electron chi connectivity index (χ2n) is 6.41. The highest BCUT2D eigenvalue weighted by molar-refractivity contribution is 5.85. The molecule has 0 aliphatic heterocycles. The lowest BCUT2D eigenvalue weighted by molar-refractivity contribution is 0.304. The Morgan fingerprint density at radius 1 is 0.929 bits per heavy atom. The number of nitrogens with one attached hydrogen (secondary N) is 1. The summed E-state index contributed by atoms with van der Waals surface area (Å²) in [5.74, 6) is 1.22. The van der Waals surface area contributed by atoms with E-state index in [2.05, 4.69) is 16.0 Å². The molecule has 4 aromatic rings. The summed E-state index contributed by atoms with van der Waals surface area (Å²) in [5.41, 5.74) is 4.79. The number of H-pyrrole nitrogens is 1. The first-order valence-corrected chi connectivity index (χ1v) is 8.78. The number of aryl methyl sites for hydroxylation is 1. The highest BCUT2D eigenvalue weighted by Crippen LogP contribution is 2.27. The molecule has 0 saturated heterocycles. The molecule has 0 fully saturated rings. The summed E-state index contributed by atoms with van der Waals surface area (Å²) < 4.78 is 19.4. The minimum Gasteiger partial charge on any atom is -0.489 e. The molecule has 3 aromatic carbocycles. The summed E-state index contributed by atoms with van der Waals surface area (Å²) in [4.78, 5) is 7.64. The molecule has 1 N–H and O–H groups in total. The first kappa shape index (κ1) is 19.6. The number of hydrogen-bond donors (Lipinski definition) is 1. The number of ether oxygens (including phenoxy) is 1. The third-order valence-corrected chi connectivity index (χ3v) is 4.40. The molecule has 1 heterocycles. The Balaban J connectivity index is 0.00000225. The fraction of sp³-hybridized carbons (Fsp3) is 0.0870. The Labute approximate surface area is 169 Å². The lowest BCUT2D eigenvalue weighted by Gasteiger charge is -2.10. The van der Waals surface area contributed by atoms with Crippen LogP contribution < -0.4 is 4.74 Å². The van der Waals surface area contributed by atoms with Gasteiger partial charge in [-0.25, -0.2) is 9.37 Å². The fourth-order valence-electron chi connectivity index (χ4n) is 2.96. The molecule has 4 rings (SSSR count). The van der Waals surface area contributed by atoms with Gasteiger partial charge in [-0.15, -0.1) is 12.4 Å². The van der Waals surface area contributed by atoms with Crippen molar-refractivity contribution in [2.24, 2.45) is 0 Å². The molecule has 1 aromatic heterocycles. The highest BCUT2D eigenvalue weighted by atomic mass is 35.5. The van der Waals surface area contributed by atoms with Crippen molar-refractivity contribution in [1.82, 2.24) is 9.97 Å². The molecule has 0 aliphatic rings. The fourth-order valence-corrected chi connectivity index (χ4v) is 2.96. The molecule has 0 radical (unpaired) electrons. The van der Waals surface area contributed by atoms with Crippen LogP contribution in [0.2, 0.25) is 0 Å². The van der Waals surface area contributed by atoms with Crippen LogP contribution in [-0.2, 0) is 6.61 Å². The predicted molar refractivity (Wildman–Crippen MR) is 112 cm³/mol. The van der Waals surface area contributed by atoms with E-state index in [0.717, 1.165) is 33.7 Å². The Kier molecular flexibility index (Phi) is 6.12. The number of nitrogens with zero attached hydrogens (tertiary/aromatic N) is 1. The van der Waals surface area contributed by atoms with Crippen molar-refractivity contribution in [3.63, 3.8) is 0 Å². The molecule has 142 valence electrons. The normalized spacial score (nSPS) is 10.4. The van der Waals surface area contributed by atoms with Crippen molar-refractivity contribution < 1.29 is 9.13 Å². The Hall–Kier alpha value is -3.11. The van der Waals surface area contributed by atoms with Gasteiger partial charge in [0.05, 0.1) is 11.9 Å². The molecule has 0 saturated carbocycles. The second kappa shape index (κ2) is 8.72. The molecule has 0 unspecified atom stereocenters. The number of aromatic nitrogens is 2. The molecular weight excluding hydrogens is 375 g/mol. The number of halogens is 2. The van der Waals surface area contributed by atoms with Crippen LogP contribution in [0.15, 0.2) is 79.0 Å². The summed E-state index contributed by atoms with van der Waals surface area (Å²) in [7, 11) is 0. The van der Waals surface area contributed by atoms with E-state index in [9.17, 15) is 4.39 Å². The molecular formula is C23H20ClFN2O. The zero-order valence-electron chi connectivity index (χ0n) is 15.4. The van der Waals surface area contributed by atoms with E-state index >= 15 is 0 Å². The molecule has 28 heavy (non-hydrogen) atoms. The topological polar surface area (TPSA) is 37.9 Å². The lowest BCUT2D eigenvalue weighted by atomic mass is 10.1. The quantitative estimate of drug-likeness (QED) is 0.438. The van der Waals surface area contributed by atoms with Crippen molar-refractivity contribution in [2.75, 3.05) is 0 Å². The maximum absolute atomic E-state index is 13.4. The van der Waals surface area contributed by atoms with Crippen molar-refractivity contribution in [2.45, 2.75) is 13.5 Å². The average molecular weight is 395 g/mol. The lowest BCUT2D eigenvalue weighted by Crippen LogP contribution is -1.97.